The first-order valence-corrected chi connectivity index (χ1v) is 9.03. The molecular formula is C19H25N3O3. The van der Waals surface area contributed by atoms with Crippen LogP contribution in [0.5, 0.6) is 0 Å². The SMILES string of the molecule is Cc1noc(C[C@@H]2CO[C@@H]3CN(CCOCc4ccccc4)C[C@H]23)n1. The second-order valence-electron chi connectivity index (χ2n) is 7.03. The standard InChI is InChI=1S/C19H25N3O3/c1-14-20-19(25-21-14)9-16-13-24-18-11-22(10-17(16)18)7-8-23-12-15-5-3-2-4-6-15/h2-6,16-18H,7-13H2,1H3/t16-,17-,18-/m1/s1. The van der Waals surface area contributed by atoms with Crippen LogP contribution in [0.2, 0.25) is 0 Å². The maximum Gasteiger partial charge on any atom is 0.227 e. The first kappa shape index (κ1) is 16.7. The smallest absolute Gasteiger partial charge is 0.227 e. The minimum absolute atomic E-state index is 0.336. The molecule has 25 heavy (non-hydrogen) atoms. The van der Waals surface area contributed by atoms with Gasteiger partial charge in [0.2, 0.25) is 5.89 Å². The fourth-order valence-electron chi connectivity index (χ4n) is 3.88. The van der Waals surface area contributed by atoms with Crippen LogP contribution in [0.4, 0.5) is 0 Å². The Kier molecular flexibility index (Phi) is 5.10. The molecule has 1 aromatic carbocycles. The number of rotatable bonds is 7. The van der Waals surface area contributed by atoms with Crippen molar-refractivity contribution in [1.29, 1.82) is 0 Å². The zero-order chi connectivity index (χ0) is 17.1. The summed E-state index contributed by atoms with van der Waals surface area (Å²) in [6, 6.07) is 10.3. The van der Waals surface area contributed by atoms with Crippen molar-refractivity contribution in [3.8, 4) is 0 Å². The minimum atomic E-state index is 0.336. The lowest BCUT2D eigenvalue weighted by Crippen LogP contribution is -2.28. The molecule has 0 bridgehead atoms. The normalized spacial score (nSPS) is 26.2. The third-order valence-corrected chi connectivity index (χ3v) is 5.18. The van der Waals surface area contributed by atoms with E-state index in [0.29, 0.717) is 30.4 Å². The number of likely N-dealkylation sites (tertiary alicyclic amines) is 1. The fourth-order valence-corrected chi connectivity index (χ4v) is 3.88. The summed E-state index contributed by atoms with van der Waals surface area (Å²) in [5.41, 5.74) is 1.22. The molecule has 2 fully saturated rings. The number of benzene rings is 1. The monoisotopic (exact) mass is 343 g/mol. The maximum atomic E-state index is 6.00. The molecule has 2 aliphatic heterocycles. The van der Waals surface area contributed by atoms with Crippen LogP contribution >= 0.6 is 0 Å². The van der Waals surface area contributed by atoms with E-state index in [4.69, 9.17) is 14.0 Å². The second kappa shape index (κ2) is 7.64. The van der Waals surface area contributed by atoms with Crippen LogP contribution < -0.4 is 0 Å². The van der Waals surface area contributed by atoms with E-state index in [-0.39, 0.29) is 0 Å². The van der Waals surface area contributed by atoms with Crippen molar-refractivity contribution in [1.82, 2.24) is 15.0 Å². The molecule has 6 heteroatoms. The molecule has 6 nitrogen and oxygen atoms in total. The molecule has 2 saturated heterocycles. The number of ether oxygens (including phenoxy) is 2. The molecule has 0 aliphatic carbocycles. The van der Waals surface area contributed by atoms with Gasteiger partial charge in [0, 0.05) is 32.0 Å². The average Bonchev–Trinajstić information content (AvgIpc) is 3.31. The van der Waals surface area contributed by atoms with Crippen molar-refractivity contribution in [2.75, 3.05) is 32.8 Å². The Labute approximate surface area is 148 Å². The Morgan fingerprint density at radius 3 is 2.92 bits per heavy atom. The quantitative estimate of drug-likeness (QED) is 0.718. The highest BCUT2D eigenvalue weighted by Gasteiger charge is 2.44. The van der Waals surface area contributed by atoms with Crippen LogP contribution in [0.1, 0.15) is 17.3 Å². The van der Waals surface area contributed by atoms with E-state index in [1.165, 1.54) is 5.56 Å². The molecule has 3 heterocycles. The van der Waals surface area contributed by atoms with Crippen molar-refractivity contribution in [3.05, 3.63) is 47.6 Å². The van der Waals surface area contributed by atoms with Crippen molar-refractivity contribution in [3.63, 3.8) is 0 Å². The Balaban J connectivity index is 1.21. The highest BCUT2D eigenvalue weighted by atomic mass is 16.5. The topological polar surface area (TPSA) is 60.6 Å². The molecule has 134 valence electrons. The van der Waals surface area contributed by atoms with E-state index in [2.05, 4.69) is 27.2 Å². The third kappa shape index (κ3) is 4.08. The summed E-state index contributed by atoms with van der Waals surface area (Å²) in [4.78, 5) is 6.78. The van der Waals surface area contributed by atoms with Crippen LogP contribution in [-0.2, 0) is 22.5 Å². The number of aryl methyl sites for hydroxylation is 1. The molecule has 2 aliphatic rings. The molecular weight excluding hydrogens is 318 g/mol. The third-order valence-electron chi connectivity index (χ3n) is 5.18. The molecule has 1 aromatic heterocycles. The van der Waals surface area contributed by atoms with E-state index in [0.717, 1.165) is 45.2 Å². The summed E-state index contributed by atoms with van der Waals surface area (Å²) >= 11 is 0. The molecule has 0 N–H and O–H groups in total. The summed E-state index contributed by atoms with van der Waals surface area (Å²) in [5, 5.41) is 3.88. The van der Waals surface area contributed by atoms with Crippen molar-refractivity contribution in [2.45, 2.75) is 26.1 Å². The minimum Gasteiger partial charge on any atom is -0.376 e. The maximum absolute atomic E-state index is 6.00. The van der Waals surface area contributed by atoms with Crippen molar-refractivity contribution < 1.29 is 14.0 Å². The van der Waals surface area contributed by atoms with Crippen LogP contribution in [0, 0.1) is 18.8 Å². The van der Waals surface area contributed by atoms with Crippen molar-refractivity contribution in [2.24, 2.45) is 11.8 Å². The summed E-state index contributed by atoms with van der Waals surface area (Å²) in [6.07, 6.45) is 1.16. The van der Waals surface area contributed by atoms with Gasteiger partial charge < -0.3 is 14.0 Å². The zero-order valence-corrected chi connectivity index (χ0v) is 14.6. The van der Waals surface area contributed by atoms with Gasteiger partial charge in [-0.05, 0) is 18.4 Å². The predicted octanol–water partition coefficient (Wildman–Crippen LogP) is 2.08. The number of nitrogens with zero attached hydrogens (tertiary/aromatic N) is 3. The predicted molar refractivity (Wildman–Crippen MR) is 92.0 cm³/mol. The summed E-state index contributed by atoms with van der Waals surface area (Å²) in [5.74, 6) is 2.46. The Morgan fingerprint density at radius 1 is 1.24 bits per heavy atom. The van der Waals surface area contributed by atoms with Crippen LogP contribution in [0.15, 0.2) is 34.9 Å². The Morgan fingerprint density at radius 2 is 2.12 bits per heavy atom. The number of hydrogen-bond donors (Lipinski definition) is 0. The zero-order valence-electron chi connectivity index (χ0n) is 14.6. The van der Waals surface area contributed by atoms with Crippen LogP contribution in [-0.4, -0.2) is 54.0 Å². The van der Waals surface area contributed by atoms with E-state index in [1.807, 2.05) is 25.1 Å². The summed E-state index contributed by atoms with van der Waals surface area (Å²) in [7, 11) is 0. The number of aromatic nitrogens is 2. The van der Waals surface area contributed by atoms with E-state index in [9.17, 15) is 0 Å². The van der Waals surface area contributed by atoms with Gasteiger partial charge in [-0.2, -0.15) is 4.98 Å². The van der Waals surface area contributed by atoms with E-state index >= 15 is 0 Å². The van der Waals surface area contributed by atoms with Gasteiger partial charge >= 0.3 is 0 Å². The molecule has 4 rings (SSSR count). The first-order chi connectivity index (χ1) is 12.3. The van der Waals surface area contributed by atoms with E-state index < -0.39 is 0 Å². The van der Waals surface area contributed by atoms with Gasteiger partial charge in [0.15, 0.2) is 5.82 Å². The Hall–Kier alpha value is -1.76. The highest BCUT2D eigenvalue weighted by Crippen LogP contribution is 2.35. The molecule has 0 amide bonds. The van der Waals surface area contributed by atoms with Gasteiger partial charge in [-0.3, -0.25) is 4.90 Å². The number of hydrogen-bond acceptors (Lipinski definition) is 6. The lowest BCUT2D eigenvalue weighted by molar-refractivity contribution is 0.0738. The average molecular weight is 343 g/mol. The van der Waals surface area contributed by atoms with Gasteiger partial charge in [0.05, 0.1) is 25.9 Å². The lowest BCUT2D eigenvalue weighted by atomic mass is 9.90. The van der Waals surface area contributed by atoms with Gasteiger partial charge in [-0.25, -0.2) is 0 Å². The molecule has 0 radical (unpaired) electrons. The number of fused-ring (bicyclic) bond motifs is 1. The van der Waals surface area contributed by atoms with Gasteiger partial charge in [-0.15, -0.1) is 0 Å². The Bertz CT molecular complexity index is 676. The van der Waals surface area contributed by atoms with Crippen LogP contribution in [0.3, 0.4) is 0 Å². The van der Waals surface area contributed by atoms with E-state index in [1.54, 1.807) is 0 Å². The summed E-state index contributed by atoms with van der Waals surface area (Å²) in [6.45, 7) is 7.10. The fraction of sp³-hybridized carbons (Fsp3) is 0.579. The molecule has 3 atom stereocenters. The first-order valence-electron chi connectivity index (χ1n) is 9.03. The van der Waals surface area contributed by atoms with Gasteiger partial charge in [-0.1, -0.05) is 35.5 Å². The highest BCUT2D eigenvalue weighted by molar-refractivity contribution is 5.13. The summed E-state index contributed by atoms with van der Waals surface area (Å²) < 4.78 is 17.1. The van der Waals surface area contributed by atoms with Gasteiger partial charge in [0.25, 0.3) is 0 Å². The molecule has 0 spiro atoms. The molecule has 0 unspecified atom stereocenters. The second-order valence-corrected chi connectivity index (χ2v) is 7.03. The molecule has 0 saturated carbocycles. The van der Waals surface area contributed by atoms with Gasteiger partial charge in [0.1, 0.15) is 0 Å². The van der Waals surface area contributed by atoms with Crippen LogP contribution in [0.25, 0.3) is 0 Å². The lowest BCUT2D eigenvalue weighted by Gasteiger charge is -2.18. The molecule has 2 aromatic rings. The largest absolute Gasteiger partial charge is 0.376 e. The van der Waals surface area contributed by atoms with Crippen molar-refractivity contribution >= 4 is 0 Å².